The second-order valence-electron chi connectivity index (χ2n) is 0. The lowest BCUT2D eigenvalue weighted by Crippen LogP contribution is 0.419. The Labute approximate surface area is 48.7 Å². The fraction of sp³-hybridized carbons (Fsp3) is 0. The highest BCUT2D eigenvalue weighted by molar-refractivity contribution is 1.12. The Bertz CT molecular complexity index is 0. The largest absolute Gasteiger partial charge is 0.269 e. The molecule has 10 heteroatoms. The summed E-state index contributed by atoms with van der Waals surface area (Å²) in [5.74, 6) is 0. The van der Waals surface area contributed by atoms with Gasteiger partial charge in [-0.05, 0) is 0 Å². The summed E-state index contributed by atoms with van der Waals surface area (Å²) in [5, 5.41) is 0. The summed E-state index contributed by atoms with van der Waals surface area (Å²) >= 11 is 0. The molecule has 0 aromatic heterocycles. The smallest absolute Gasteiger partial charge is 0.269 e. The van der Waals surface area contributed by atoms with Crippen molar-refractivity contribution in [2.45, 2.75) is 0 Å². The molecule has 0 rings (SSSR count). The minimum absolute atomic E-state index is 0. The second kappa shape index (κ2) is 903. The van der Waals surface area contributed by atoms with Gasteiger partial charge in [0.25, 0.3) is 0 Å². The van der Waals surface area contributed by atoms with E-state index in [9.17, 15) is 0 Å². The van der Waals surface area contributed by atoms with Crippen LogP contribution in [0.25, 0.3) is 0 Å². The quantitative estimate of drug-likeness (QED) is 0.520. The van der Waals surface area contributed by atoms with E-state index in [0.717, 1.165) is 0 Å². The minimum Gasteiger partial charge on any atom is -0.269 e. The van der Waals surface area contributed by atoms with E-state index in [4.69, 9.17) is 0 Å². The van der Waals surface area contributed by atoms with E-state index < -0.39 is 0 Å². The van der Waals surface area contributed by atoms with Crippen LogP contribution in [0.15, 0.2) is 0 Å². The van der Waals surface area contributed by atoms with Crippen LogP contribution in [0.1, 0.15) is 0 Å². The highest BCUT2D eigenvalue weighted by atomic mass is 19.0. The summed E-state index contributed by atoms with van der Waals surface area (Å²) in [6.45, 7) is 0. The third-order valence-electron chi connectivity index (χ3n) is 0. The number of rotatable bonds is 0. The first-order valence-electron chi connectivity index (χ1n) is 0. The highest BCUT2D eigenvalue weighted by Gasteiger charge is -0.260. The van der Waals surface area contributed by atoms with Crippen molar-refractivity contribution >= 4 is 0 Å². The van der Waals surface area contributed by atoms with E-state index in [1.165, 1.54) is 0 Å². The van der Waals surface area contributed by atoms with Crippen LogP contribution in [0.3, 0.4) is 0 Å². The molecular weight excluding hydrogens is 190 g/mol. The molecule has 0 aliphatic carbocycles. The average molecular weight is 200 g/mol. The van der Waals surface area contributed by atoms with E-state index in [1.54, 1.807) is 0 Å². The molecule has 0 nitrogen and oxygen atoms in total. The van der Waals surface area contributed by atoms with Crippen LogP contribution in [0, 0.1) is 0 Å². The lowest BCUT2D eigenvalue weighted by Gasteiger charge is -0.270. The molecule has 0 aliphatic heterocycles. The maximum absolute atomic E-state index is 0. The van der Waals surface area contributed by atoms with Gasteiger partial charge in [0.05, 0.1) is 0 Å². The lowest BCUT2D eigenvalue weighted by atomic mass is 19.0. The summed E-state index contributed by atoms with van der Waals surface area (Å²) in [5.41, 5.74) is 0. The molecule has 0 heterocycles. The molecule has 0 bridgehead atoms. The van der Waals surface area contributed by atoms with Crippen LogP contribution in [0.5, 0.6) is 0 Å². The number of hydrogen-bond acceptors (Lipinski definition) is 0. The topological polar surface area (TPSA) is 0 Å². The molecule has 80 valence electrons. The molecule has 0 N–H and O–H groups in total. The number of hydrogen-bond donors (Lipinski definition) is 0. The van der Waals surface area contributed by atoms with Gasteiger partial charge >= 0.3 is 0 Å². The van der Waals surface area contributed by atoms with Crippen LogP contribution >= 0.6 is 0 Å². The molecule has 0 spiro atoms. The predicted molar refractivity (Wildman–Crippen MR) is 25.0 cm³/mol. The van der Waals surface area contributed by atoms with Gasteiger partial charge in [-0.15, -0.1) is 0 Å². The molecule has 10 heavy (non-hydrogen) atoms. The molecule has 0 fully saturated rings. The van der Waals surface area contributed by atoms with E-state index in [1.807, 2.05) is 0 Å². The minimum atomic E-state index is 0. The van der Waals surface area contributed by atoms with Crippen molar-refractivity contribution in [1.29, 1.82) is 0 Å². The monoisotopic (exact) mass is 200 g/mol. The third-order valence-corrected chi connectivity index (χ3v) is 0. The Morgan fingerprint density at radius 2 is 0.100 bits per heavy atom. The van der Waals surface area contributed by atoms with Crippen LogP contribution in [-0.2, 0) is 0 Å². The van der Waals surface area contributed by atoms with Crippen molar-refractivity contribution in [2.75, 3.05) is 0 Å². The fourth-order valence-electron chi connectivity index (χ4n) is 0. The zero-order chi connectivity index (χ0) is 0. The van der Waals surface area contributed by atoms with Crippen molar-refractivity contribution in [3.63, 3.8) is 0 Å². The summed E-state index contributed by atoms with van der Waals surface area (Å²) in [7, 11) is 0. The molecule has 0 aromatic carbocycles. The maximum atomic E-state index is 0. The Balaban J connectivity index is 0. The Morgan fingerprint density at radius 3 is 0.100 bits per heavy atom. The van der Waals surface area contributed by atoms with Gasteiger partial charge in [-0.1, -0.05) is 0 Å². The van der Waals surface area contributed by atoms with E-state index in [0.29, 0.717) is 0 Å². The van der Waals surface area contributed by atoms with Gasteiger partial charge in [0.2, 0.25) is 0 Å². The Hall–Kier alpha value is -0.700. The zero-order valence-electron chi connectivity index (χ0n) is 4.08. The zero-order valence-corrected chi connectivity index (χ0v) is 4.08. The van der Waals surface area contributed by atoms with E-state index in [-0.39, 0.29) is 47.0 Å². The van der Waals surface area contributed by atoms with Gasteiger partial charge in [0.1, 0.15) is 0 Å². The highest BCUT2D eigenvalue weighted by Crippen LogP contribution is 0.429. The van der Waals surface area contributed by atoms with E-state index >= 15 is 0 Å². The van der Waals surface area contributed by atoms with Crippen LogP contribution in [0.4, 0.5) is 47.0 Å². The SMILES string of the molecule is F.F.F.F.F.F.F.F.F.F. The van der Waals surface area contributed by atoms with Crippen molar-refractivity contribution in [3.05, 3.63) is 0 Å². The maximum Gasteiger partial charge on any atom is -0.269 e. The van der Waals surface area contributed by atoms with Crippen LogP contribution in [0.2, 0.25) is 0 Å². The third kappa shape index (κ3) is 591. The van der Waals surface area contributed by atoms with Crippen molar-refractivity contribution in [1.82, 2.24) is 0 Å². The molecule has 0 unspecified atom stereocenters. The summed E-state index contributed by atoms with van der Waals surface area (Å²) < 4.78 is 0. The molecule has 0 saturated heterocycles. The van der Waals surface area contributed by atoms with Gasteiger partial charge < -0.3 is 0 Å². The van der Waals surface area contributed by atoms with Crippen molar-refractivity contribution in [3.8, 4) is 0 Å². The van der Waals surface area contributed by atoms with E-state index in [2.05, 4.69) is 0 Å². The van der Waals surface area contributed by atoms with Gasteiger partial charge in [-0.3, -0.25) is 47.0 Å². The van der Waals surface area contributed by atoms with Crippen molar-refractivity contribution in [2.24, 2.45) is 0 Å². The molecule has 0 saturated carbocycles. The summed E-state index contributed by atoms with van der Waals surface area (Å²) in [4.78, 5) is 0. The fourth-order valence-corrected chi connectivity index (χ4v) is 0. The predicted octanol–water partition coefficient (Wildman–Crippen LogP) is 1.52. The number of halogens is 10. The van der Waals surface area contributed by atoms with Gasteiger partial charge in [-0.2, -0.15) is 0 Å². The Morgan fingerprint density at radius 1 is 0.100 bits per heavy atom. The van der Waals surface area contributed by atoms with Gasteiger partial charge in [0.15, 0.2) is 0 Å². The standard InChI is InChI=1S/10FH/h10*1H. The summed E-state index contributed by atoms with van der Waals surface area (Å²) in [6.07, 6.45) is 0. The second-order valence-corrected chi connectivity index (χ2v) is 0. The molecule has 0 amide bonds. The van der Waals surface area contributed by atoms with Crippen LogP contribution < -0.4 is 0 Å². The first-order valence-corrected chi connectivity index (χ1v) is 0. The molecular formula is H10F10. The first kappa shape index (κ1) is 1310. The van der Waals surface area contributed by atoms with Gasteiger partial charge in [0, 0.05) is 0 Å². The molecule has 0 atom stereocenters. The Kier molecular flexibility index (Phi) is 118000. The van der Waals surface area contributed by atoms with Crippen molar-refractivity contribution < 1.29 is 47.0 Å². The normalized spacial score (nSPS) is 0. The van der Waals surface area contributed by atoms with Crippen LogP contribution in [-0.4, -0.2) is 0 Å². The molecule has 0 aliphatic rings. The van der Waals surface area contributed by atoms with Gasteiger partial charge in [-0.25, -0.2) is 0 Å². The molecule has 0 radical (unpaired) electrons. The average Bonchev–Trinajstić information content (AvgIpc) is 0. The summed E-state index contributed by atoms with van der Waals surface area (Å²) in [6, 6.07) is 0. The first-order chi connectivity index (χ1) is 0. The lowest BCUT2D eigenvalue weighted by molar-refractivity contribution is 1.11. The molecule has 0 aromatic rings.